The largest absolute Gasteiger partial charge is 0.283 e. The molecule has 2 aromatic heterocycles. The van der Waals surface area contributed by atoms with E-state index < -0.39 is 11.5 Å². The van der Waals surface area contributed by atoms with Gasteiger partial charge in [-0.15, -0.1) is 0 Å². The van der Waals surface area contributed by atoms with Crippen LogP contribution in [0.4, 0.5) is 0 Å². The molecule has 5 aromatic rings. The van der Waals surface area contributed by atoms with Crippen molar-refractivity contribution in [1.29, 1.82) is 0 Å². The van der Waals surface area contributed by atoms with Gasteiger partial charge in [0, 0.05) is 5.56 Å². The van der Waals surface area contributed by atoms with Gasteiger partial charge < -0.3 is 0 Å². The van der Waals surface area contributed by atoms with E-state index in [2.05, 4.69) is 15.5 Å². The third-order valence-electron chi connectivity index (χ3n) is 5.00. The summed E-state index contributed by atoms with van der Waals surface area (Å²) in [5, 5.41) is 6.60. The summed E-state index contributed by atoms with van der Waals surface area (Å²) in [6, 6.07) is 20.9. The van der Waals surface area contributed by atoms with E-state index in [1.165, 1.54) is 12.5 Å². The molecule has 7 heteroatoms. The summed E-state index contributed by atoms with van der Waals surface area (Å²) in [7, 11) is 0. The quantitative estimate of drug-likeness (QED) is 0.507. The Morgan fingerprint density at radius 2 is 1.73 bits per heavy atom. The molecule has 30 heavy (non-hydrogen) atoms. The van der Waals surface area contributed by atoms with Crippen LogP contribution in [0.2, 0.25) is 0 Å². The Morgan fingerprint density at radius 3 is 2.53 bits per heavy atom. The monoisotopic (exact) mass is 395 g/mol. The Labute approximate surface area is 171 Å². The molecule has 0 spiro atoms. The van der Waals surface area contributed by atoms with Crippen molar-refractivity contribution in [3.8, 4) is 5.69 Å². The van der Waals surface area contributed by atoms with E-state index in [0.29, 0.717) is 16.6 Å². The Morgan fingerprint density at radius 1 is 0.967 bits per heavy atom. The molecule has 7 nitrogen and oxygen atoms in total. The van der Waals surface area contributed by atoms with Gasteiger partial charge >= 0.3 is 0 Å². The molecule has 1 N–H and O–H groups in total. The van der Waals surface area contributed by atoms with Crippen LogP contribution < -0.4 is 11.0 Å². The molecule has 0 aliphatic rings. The summed E-state index contributed by atoms with van der Waals surface area (Å²) in [6.45, 7) is 2.00. The summed E-state index contributed by atoms with van der Waals surface area (Å²) in [4.78, 5) is 29.9. The van der Waals surface area contributed by atoms with Gasteiger partial charge in [0.2, 0.25) is 0 Å². The number of rotatable bonds is 3. The van der Waals surface area contributed by atoms with Crippen LogP contribution >= 0.6 is 0 Å². The van der Waals surface area contributed by atoms with Gasteiger partial charge in [-0.1, -0.05) is 48.0 Å². The first kappa shape index (κ1) is 17.8. The standard InChI is InChI=1S/C23H17N5O2/c1-15-6-10-19(11-7-15)28-21-20(13-25-28)23(30)27(14-24-21)26-22(29)18-9-8-16-4-2-3-5-17(16)12-18/h2-14H,1H3,(H,26,29). The molecule has 1 amide bonds. The summed E-state index contributed by atoms with van der Waals surface area (Å²) < 4.78 is 2.69. The highest BCUT2D eigenvalue weighted by molar-refractivity contribution is 6.03. The van der Waals surface area contributed by atoms with Crippen LogP contribution in [-0.4, -0.2) is 25.3 Å². The van der Waals surface area contributed by atoms with Crippen LogP contribution in [0.3, 0.4) is 0 Å². The molecule has 3 aromatic carbocycles. The van der Waals surface area contributed by atoms with Crippen molar-refractivity contribution in [1.82, 2.24) is 19.4 Å². The fourth-order valence-electron chi connectivity index (χ4n) is 3.37. The molecule has 0 radical (unpaired) electrons. The van der Waals surface area contributed by atoms with Gasteiger partial charge in [-0.05, 0) is 42.0 Å². The van der Waals surface area contributed by atoms with Gasteiger partial charge in [-0.2, -0.15) is 5.10 Å². The van der Waals surface area contributed by atoms with E-state index in [1.807, 2.05) is 61.5 Å². The average molecular weight is 395 g/mol. The highest BCUT2D eigenvalue weighted by Gasteiger charge is 2.14. The van der Waals surface area contributed by atoms with Crippen molar-refractivity contribution in [2.24, 2.45) is 0 Å². The Kier molecular flexibility index (Phi) is 4.14. The summed E-state index contributed by atoms with van der Waals surface area (Å²) in [5.41, 5.74) is 5.03. The number of amides is 1. The number of hydrogen-bond acceptors (Lipinski definition) is 4. The van der Waals surface area contributed by atoms with Gasteiger partial charge in [0.05, 0.1) is 11.9 Å². The zero-order valence-electron chi connectivity index (χ0n) is 16.1. The molecular formula is C23H17N5O2. The minimum Gasteiger partial charge on any atom is -0.267 e. The molecule has 0 bridgehead atoms. The number of aromatic nitrogens is 4. The van der Waals surface area contributed by atoms with Gasteiger partial charge in [-0.25, -0.2) is 14.3 Å². The maximum Gasteiger partial charge on any atom is 0.283 e. The zero-order chi connectivity index (χ0) is 20.7. The Balaban J connectivity index is 1.48. The van der Waals surface area contributed by atoms with Crippen LogP contribution in [0.25, 0.3) is 27.5 Å². The van der Waals surface area contributed by atoms with Crippen molar-refractivity contribution >= 4 is 27.7 Å². The van der Waals surface area contributed by atoms with Crippen molar-refractivity contribution in [3.63, 3.8) is 0 Å². The molecule has 0 unspecified atom stereocenters. The normalized spacial score (nSPS) is 11.1. The Bertz CT molecular complexity index is 1470. The number of nitrogens with one attached hydrogen (secondary N) is 1. The highest BCUT2D eigenvalue weighted by atomic mass is 16.2. The third-order valence-corrected chi connectivity index (χ3v) is 5.00. The number of aryl methyl sites for hydroxylation is 1. The van der Waals surface area contributed by atoms with E-state index >= 15 is 0 Å². The van der Waals surface area contributed by atoms with E-state index in [1.54, 1.807) is 16.8 Å². The van der Waals surface area contributed by atoms with Crippen LogP contribution in [0.1, 0.15) is 15.9 Å². The van der Waals surface area contributed by atoms with E-state index in [0.717, 1.165) is 26.7 Å². The maximum atomic E-state index is 12.9. The summed E-state index contributed by atoms with van der Waals surface area (Å²) in [5.74, 6) is -0.394. The minimum atomic E-state index is -0.396. The number of fused-ring (bicyclic) bond motifs is 2. The van der Waals surface area contributed by atoms with Gasteiger partial charge in [-0.3, -0.25) is 15.0 Å². The molecular weight excluding hydrogens is 378 g/mol. The maximum absolute atomic E-state index is 12.9. The first-order valence-corrected chi connectivity index (χ1v) is 9.43. The highest BCUT2D eigenvalue weighted by Crippen LogP contribution is 2.16. The van der Waals surface area contributed by atoms with Crippen molar-refractivity contribution in [3.05, 3.63) is 101 Å². The lowest BCUT2D eigenvalue weighted by Gasteiger charge is -2.09. The SMILES string of the molecule is Cc1ccc(-n2ncc3c(=O)n(NC(=O)c4ccc5ccccc5c4)cnc32)cc1. The smallest absolute Gasteiger partial charge is 0.267 e. The number of carbonyl (C=O) groups is 1. The second kappa shape index (κ2) is 6.97. The summed E-state index contributed by atoms with van der Waals surface area (Å²) in [6.07, 6.45) is 2.76. The molecule has 5 rings (SSSR count). The first-order chi connectivity index (χ1) is 14.6. The van der Waals surface area contributed by atoms with Crippen molar-refractivity contribution < 1.29 is 4.79 Å². The number of hydrogen-bond donors (Lipinski definition) is 1. The number of carbonyl (C=O) groups excluding carboxylic acids is 1. The molecule has 0 fully saturated rings. The average Bonchev–Trinajstić information content (AvgIpc) is 3.20. The van der Waals surface area contributed by atoms with Crippen molar-refractivity contribution in [2.45, 2.75) is 6.92 Å². The van der Waals surface area contributed by atoms with Crippen LogP contribution in [-0.2, 0) is 0 Å². The lowest BCUT2D eigenvalue weighted by molar-refractivity contribution is 0.101. The lowest BCUT2D eigenvalue weighted by Crippen LogP contribution is -2.33. The van der Waals surface area contributed by atoms with Crippen LogP contribution in [0.5, 0.6) is 0 Å². The Hall–Kier alpha value is -4.26. The van der Waals surface area contributed by atoms with Gasteiger partial charge in [0.25, 0.3) is 11.5 Å². The fraction of sp³-hybridized carbons (Fsp3) is 0.0435. The van der Waals surface area contributed by atoms with Crippen molar-refractivity contribution in [2.75, 3.05) is 5.43 Å². The van der Waals surface area contributed by atoms with E-state index in [-0.39, 0.29) is 0 Å². The second-order valence-corrected chi connectivity index (χ2v) is 7.05. The molecule has 0 saturated heterocycles. The predicted molar refractivity (Wildman–Crippen MR) is 116 cm³/mol. The van der Waals surface area contributed by atoms with E-state index in [4.69, 9.17) is 0 Å². The topological polar surface area (TPSA) is 81.8 Å². The van der Waals surface area contributed by atoms with Gasteiger partial charge in [0.1, 0.15) is 11.7 Å². The van der Waals surface area contributed by atoms with Crippen LogP contribution in [0, 0.1) is 6.92 Å². The zero-order valence-corrected chi connectivity index (χ0v) is 16.1. The molecule has 2 heterocycles. The van der Waals surface area contributed by atoms with Crippen LogP contribution in [0.15, 0.2) is 84.0 Å². The molecule has 146 valence electrons. The number of benzene rings is 3. The summed E-state index contributed by atoms with van der Waals surface area (Å²) >= 11 is 0. The minimum absolute atomic E-state index is 0.317. The third kappa shape index (κ3) is 3.02. The second-order valence-electron chi connectivity index (χ2n) is 7.05. The molecule has 0 saturated carbocycles. The van der Waals surface area contributed by atoms with E-state index in [9.17, 15) is 9.59 Å². The predicted octanol–water partition coefficient (Wildman–Crippen LogP) is 3.43. The fourth-order valence-corrected chi connectivity index (χ4v) is 3.37. The van der Waals surface area contributed by atoms with Gasteiger partial charge in [0.15, 0.2) is 5.65 Å². The lowest BCUT2D eigenvalue weighted by atomic mass is 10.1. The molecule has 0 aliphatic heterocycles. The molecule has 0 atom stereocenters. The number of nitrogens with zero attached hydrogens (tertiary/aromatic N) is 4. The first-order valence-electron chi connectivity index (χ1n) is 9.43. The molecule has 0 aliphatic carbocycles.